The second-order valence-electron chi connectivity index (χ2n) is 7.42. The van der Waals surface area contributed by atoms with Crippen molar-refractivity contribution < 1.29 is 28.2 Å². The van der Waals surface area contributed by atoms with Crippen LogP contribution in [0.5, 0.6) is 0 Å². The van der Waals surface area contributed by atoms with Gasteiger partial charge in [-0.15, -0.1) is 0 Å². The van der Waals surface area contributed by atoms with Crippen molar-refractivity contribution in [2.75, 3.05) is 29.6 Å². The van der Waals surface area contributed by atoms with Crippen LogP contribution in [0.25, 0.3) is 0 Å². The van der Waals surface area contributed by atoms with Gasteiger partial charge in [-0.25, -0.2) is 8.42 Å². The van der Waals surface area contributed by atoms with Crippen LogP contribution in [-0.2, 0) is 25.2 Å². The first-order chi connectivity index (χ1) is 15.0. The minimum Gasteiger partial charge on any atom is -0.395 e. The van der Waals surface area contributed by atoms with Crippen LogP contribution in [0.1, 0.15) is 24.5 Å². The van der Waals surface area contributed by atoms with Crippen molar-refractivity contribution in [3.05, 3.63) is 59.7 Å². The molecule has 0 radical (unpaired) electrons. The maximum absolute atomic E-state index is 12.8. The second kappa shape index (κ2) is 11.0. The van der Waals surface area contributed by atoms with E-state index in [-0.39, 0.29) is 18.9 Å². The Morgan fingerprint density at radius 1 is 1.16 bits per heavy atom. The Hall–Kier alpha value is -3.08. The molecule has 2 aromatic rings. The van der Waals surface area contributed by atoms with Crippen molar-refractivity contribution >= 4 is 38.7 Å². The summed E-state index contributed by atoms with van der Waals surface area (Å²) in [5.74, 6) is -1.58. The second-order valence-corrected chi connectivity index (χ2v) is 9.56. The van der Waals surface area contributed by atoms with Gasteiger partial charge in [0.1, 0.15) is 6.10 Å². The molecule has 0 aromatic heterocycles. The predicted octanol–water partition coefficient (Wildman–Crippen LogP) is 1.33. The van der Waals surface area contributed by atoms with Crippen molar-refractivity contribution in [3.8, 4) is 0 Å². The highest BCUT2D eigenvalue weighted by atomic mass is 32.2. The van der Waals surface area contributed by atoms with Crippen LogP contribution in [0.2, 0.25) is 0 Å². The summed E-state index contributed by atoms with van der Waals surface area (Å²) in [4.78, 5) is 26.3. The number of carbonyl (C=O) groups is 2. The summed E-state index contributed by atoms with van der Waals surface area (Å²) >= 11 is 0. The van der Waals surface area contributed by atoms with E-state index in [1.54, 1.807) is 49.4 Å². The third-order valence-electron chi connectivity index (χ3n) is 4.53. The Morgan fingerprint density at radius 3 is 2.38 bits per heavy atom. The molecule has 9 nitrogen and oxygen atoms in total. The van der Waals surface area contributed by atoms with Gasteiger partial charge in [-0.3, -0.25) is 9.59 Å². The molecule has 10 heteroatoms. The fourth-order valence-electron chi connectivity index (χ4n) is 3.01. The highest BCUT2D eigenvalue weighted by Crippen LogP contribution is 2.19. The number of nitrogens with one attached hydrogen (secondary N) is 2. The lowest BCUT2D eigenvalue weighted by molar-refractivity contribution is -0.129. The fraction of sp³-hybridized carbons (Fsp3) is 0.318. The highest BCUT2D eigenvalue weighted by Gasteiger charge is 2.24. The average molecular weight is 462 g/mol. The zero-order valence-electron chi connectivity index (χ0n) is 17.9. The number of anilines is 2. The lowest BCUT2D eigenvalue weighted by atomic mass is 10.1. The van der Waals surface area contributed by atoms with Gasteiger partial charge in [0.15, 0.2) is 9.84 Å². The van der Waals surface area contributed by atoms with Gasteiger partial charge in [0.25, 0.3) is 5.91 Å². The third kappa shape index (κ3) is 7.56. The Bertz CT molecular complexity index is 1080. The highest BCUT2D eigenvalue weighted by molar-refractivity contribution is 7.89. The number of rotatable bonds is 10. The number of amides is 2. The summed E-state index contributed by atoms with van der Waals surface area (Å²) in [5.41, 5.74) is 2.31. The van der Waals surface area contributed by atoms with Gasteiger partial charge in [0, 0.05) is 29.9 Å². The van der Waals surface area contributed by atoms with Crippen molar-refractivity contribution in [2.45, 2.75) is 25.2 Å². The van der Waals surface area contributed by atoms with Gasteiger partial charge >= 0.3 is 0 Å². The van der Waals surface area contributed by atoms with E-state index >= 15 is 0 Å². The maximum Gasteiger partial charge on any atom is 0.253 e. The number of sulfone groups is 1. The summed E-state index contributed by atoms with van der Waals surface area (Å²) in [6, 6.07) is 12.8. The smallest absolute Gasteiger partial charge is 0.253 e. The zero-order valence-corrected chi connectivity index (χ0v) is 18.7. The van der Waals surface area contributed by atoms with Crippen LogP contribution < -0.4 is 10.2 Å². The van der Waals surface area contributed by atoms with Crippen LogP contribution in [0, 0.1) is 5.41 Å². The molecule has 0 aliphatic heterocycles. The summed E-state index contributed by atoms with van der Waals surface area (Å²) < 4.78 is 23.1. The van der Waals surface area contributed by atoms with Gasteiger partial charge < -0.3 is 25.8 Å². The molecule has 172 valence electrons. The molecule has 1 atom stereocenters. The molecule has 32 heavy (non-hydrogen) atoms. The Balaban J connectivity index is 2.09. The topological polar surface area (TPSA) is 148 Å². The zero-order chi connectivity index (χ0) is 23.9. The van der Waals surface area contributed by atoms with Gasteiger partial charge in [-0.05, 0) is 42.3 Å². The molecule has 0 spiro atoms. The van der Waals surface area contributed by atoms with Crippen LogP contribution >= 0.6 is 0 Å². The molecule has 1 unspecified atom stereocenters. The standard InChI is InChI=1S/C22H27N3O6S/c1-15(23)17-6-8-18(9-7-17)24-22(29)20(27)13-21(28)25(10-11-26)19-5-3-4-16(12-19)14-32(2,30)31/h3-9,12,20,23,26-27H,10-11,13-14H2,1-2H3,(H,24,29). The number of hydrogen-bond acceptors (Lipinski definition) is 7. The van der Waals surface area contributed by atoms with Gasteiger partial charge in [0.05, 0.1) is 18.8 Å². The number of hydrogen-bond donors (Lipinski definition) is 4. The van der Waals surface area contributed by atoms with Crippen molar-refractivity contribution in [3.63, 3.8) is 0 Å². The van der Waals surface area contributed by atoms with Gasteiger partial charge in [0.2, 0.25) is 5.91 Å². The van der Waals surface area contributed by atoms with Crippen molar-refractivity contribution in [2.24, 2.45) is 0 Å². The molecule has 0 bridgehead atoms. The van der Waals surface area contributed by atoms with E-state index in [0.29, 0.717) is 28.2 Å². The predicted molar refractivity (Wildman–Crippen MR) is 123 cm³/mol. The third-order valence-corrected chi connectivity index (χ3v) is 5.39. The minimum atomic E-state index is -3.28. The first kappa shape index (κ1) is 25.2. The monoisotopic (exact) mass is 461 g/mol. The Kier molecular flexibility index (Phi) is 8.64. The molecule has 0 aliphatic rings. The molecule has 0 saturated carbocycles. The van der Waals surface area contributed by atoms with E-state index in [2.05, 4.69) is 5.32 Å². The van der Waals surface area contributed by atoms with Crippen molar-refractivity contribution in [1.29, 1.82) is 5.41 Å². The van der Waals surface area contributed by atoms with E-state index in [1.165, 1.54) is 11.0 Å². The molecule has 4 N–H and O–H groups in total. The molecule has 2 rings (SSSR count). The summed E-state index contributed by atoms with van der Waals surface area (Å²) in [5, 5.41) is 29.7. The first-order valence-corrected chi connectivity index (χ1v) is 11.9. The van der Waals surface area contributed by atoms with E-state index in [9.17, 15) is 28.2 Å². The van der Waals surface area contributed by atoms with E-state index < -0.39 is 34.2 Å². The molecule has 0 heterocycles. The Morgan fingerprint density at radius 2 is 1.81 bits per heavy atom. The number of aliphatic hydroxyl groups is 2. The quantitative estimate of drug-likeness (QED) is 0.393. The van der Waals surface area contributed by atoms with E-state index in [1.807, 2.05) is 0 Å². The average Bonchev–Trinajstić information content (AvgIpc) is 2.71. The number of benzene rings is 2. The molecule has 2 amide bonds. The number of carbonyl (C=O) groups excluding carboxylic acids is 2. The van der Waals surface area contributed by atoms with E-state index in [0.717, 1.165) is 6.26 Å². The van der Waals surface area contributed by atoms with Gasteiger partial charge in [-0.1, -0.05) is 24.3 Å². The summed E-state index contributed by atoms with van der Waals surface area (Å²) in [6.45, 7) is 1.20. The maximum atomic E-state index is 12.8. The van der Waals surface area contributed by atoms with Crippen LogP contribution in [0.3, 0.4) is 0 Å². The molecule has 0 saturated heterocycles. The Labute approximate surface area is 187 Å². The lowest BCUT2D eigenvalue weighted by Gasteiger charge is -2.23. The molecule has 0 aliphatic carbocycles. The fourth-order valence-corrected chi connectivity index (χ4v) is 3.80. The summed E-state index contributed by atoms with van der Waals surface area (Å²) in [7, 11) is -3.28. The van der Waals surface area contributed by atoms with Crippen LogP contribution in [-0.4, -0.2) is 61.7 Å². The van der Waals surface area contributed by atoms with Crippen LogP contribution in [0.4, 0.5) is 11.4 Å². The lowest BCUT2D eigenvalue weighted by Crippen LogP contribution is -2.39. The number of aliphatic hydroxyl groups excluding tert-OH is 2. The molecular weight excluding hydrogens is 434 g/mol. The normalized spacial score (nSPS) is 12.1. The number of nitrogens with zero attached hydrogens (tertiary/aromatic N) is 1. The molecule has 2 aromatic carbocycles. The largest absolute Gasteiger partial charge is 0.395 e. The minimum absolute atomic E-state index is 0.0834. The van der Waals surface area contributed by atoms with E-state index in [4.69, 9.17) is 5.41 Å². The van der Waals surface area contributed by atoms with Crippen molar-refractivity contribution in [1.82, 2.24) is 0 Å². The first-order valence-electron chi connectivity index (χ1n) is 9.82. The molecular formula is C22H27N3O6S. The molecule has 0 fully saturated rings. The van der Waals surface area contributed by atoms with Gasteiger partial charge in [-0.2, -0.15) is 0 Å². The van der Waals surface area contributed by atoms with Crippen LogP contribution in [0.15, 0.2) is 48.5 Å². The summed E-state index contributed by atoms with van der Waals surface area (Å²) in [6.07, 6.45) is -1.06. The SMILES string of the molecule is CC(=N)c1ccc(NC(=O)C(O)CC(=O)N(CCO)c2cccc(CS(C)(=O)=O)c2)cc1.